The van der Waals surface area contributed by atoms with Crippen LogP contribution in [-0.4, -0.2) is 60.1 Å². The van der Waals surface area contributed by atoms with E-state index in [-0.39, 0.29) is 40.4 Å². The number of nitrogens with zero attached hydrogens (tertiary/aromatic N) is 4. The molecule has 192 valence electrons. The number of carbonyl (C=O) groups is 2. The van der Waals surface area contributed by atoms with E-state index in [1.54, 1.807) is 0 Å². The molecule has 0 saturated carbocycles. The van der Waals surface area contributed by atoms with Gasteiger partial charge in [0, 0.05) is 41.7 Å². The van der Waals surface area contributed by atoms with Crippen molar-refractivity contribution in [1.82, 2.24) is 9.80 Å². The van der Waals surface area contributed by atoms with Crippen LogP contribution in [0, 0.1) is 0 Å². The van der Waals surface area contributed by atoms with E-state index in [4.69, 9.17) is 0 Å². The average molecular weight is 497 g/mol. The molecule has 6 atom stereocenters. The Morgan fingerprint density at radius 2 is 1.35 bits per heavy atom. The van der Waals surface area contributed by atoms with E-state index in [0.29, 0.717) is 12.8 Å². The van der Waals surface area contributed by atoms with Crippen LogP contribution in [0.1, 0.15) is 57.2 Å². The highest BCUT2D eigenvalue weighted by Gasteiger charge is 2.69. The number of anilines is 2. The Kier molecular flexibility index (Phi) is 4.19. The first kappa shape index (κ1) is 22.9. The van der Waals surface area contributed by atoms with Gasteiger partial charge in [-0.3, -0.25) is 9.59 Å². The molecule has 0 N–H and O–H groups in total. The van der Waals surface area contributed by atoms with Crippen molar-refractivity contribution in [2.75, 3.05) is 23.9 Å². The number of likely N-dealkylation sites (N-methyl/N-ethyl adjacent to an activating group) is 2. The molecule has 5 aliphatic heterocycles. The zero-order chi connectivity index (χ0) is 26.2. The van der Waals surface area contributed by atoms with E-state index < -0.39 is 12.1 Å². The van der Waals surface area contributed by atoms with Crippen molar-refractivity contribution in [3.63, 3.8) is 0 Å². The third kappa shape index (κ3) is 2.47. The maximum atomic E-state index is 14.4. The maximum Gasteiger partial charge on any atom is 0.247 e. The van der Waals surface area contributed by atoms with Crippen LogP contribution in [0.15, 0.2) is 55.1 Å². The van der Waals surface area contributed by atoms with Gasteiger partial charge in [0.15, 0.2) is 0 Å². The lowest BCUT2D eigenvalue weighted by Gasteiger charge is -2.46. The van der Waals surface area contributed by atoms with Gasteiger partial charge < -0.3 is 19.6 Å². The Morgan fingerprint density at radius 1 is 0.838 bits per heavy atom. The number of rotatable bonds is 2. The van der Waals surface area contributed by atoms with Crippen LogP contribution in [0.3, 0.4) is 0 Å². The summed E-state index contributed by atoms with van der Waals surface area (Å²) < 4.78 is 0. The molecule has 6 heteroatoms. The number of allylic oxidation sites excluding steroid dienone is 1. The van der Waals surface area contributed by atoms with E-state index in [9.17, 15) is 9.59 Å². The van der Waals surface area contributed by atoms with Crippen LogP contribution in [0.25, 0.3) is 0 Å². The van der Waals surface area contributed by atoms with E-state index >= 15 is 0 Å². The summed E-state index contributed by atoms with van der Waals surface area (Å²) in [6.07, 6.45) is 2.99. The maximum absolute atomic E-state index is 14.4. The van der Waals surface area contributed by atoms with Crippen molar-refractivity contribution >= 4 is 23.2 Å². The Labute approximate surface area is 219 Å². The van der Waals surface area contributed by atoms with Crippen LogP contribution in [0.4, 0.5) is 11.4 Å². The lowest BCUT2D eigenvalue weighted by molar-refractivity contribution is -0.160. The molecule has 3 saturated heterocycles. The summed E-state index contributed by atoms with van der Waals surface area (Å²) in [6, 6.07) is 14.2. The van der Waals surface area contributed by atoms with Gasteiger partial charge in [0.25, 0.3) is 0 Å². The number of benzene rings is 2. The van der Waals surface area contributed by atoms with Crippen molar-refractivity contribution < 1.29 is 9.59 Å². The third-order valence-corrected chi connectivity index (χ3v) is 10.5. The van der Waals surface area contributed by atoms with Gasteiger partial charge in [-0.1, -0.05) is 64.1 Å². The van der Waals surface area contributed by atoms with Gasteiger partial charge in [0.1, 0.15) is 24.4 Å². The number of para-hydroxylation sites is 1. The molecule has 0 aromatic heterocycles. The molecule has 3 fully saturated rings. The predicted molar refractivity (Wildman–Crippen MR) is 146 cm³/mol. The molecule has 37 heavy (non-hydrogen) atoms. The van der Waals surface area contributed by atoms with Gasteiger partial charge in [0.05, 0.1) is 0 Å². The molecule has 0 aliphatic carbocycles. The number of amides is 2. The Hall–Kier alpha value is -3.28. The summed E-state index contributed by atoms with van der Waals surface area (Å²) in [5.74, 6) is 0.206. The first-order valence-electron chi connectivity index (χ1n) is 13.4. The standard InChI is InChI=1S/C31H36N4O2/c1-8-29(2,3)18-13-14-22-20(15-18)31(5)17-24-26(37)34-23(25(36)35(24)28(31)33(22)7)16-30(4)19-11-9-10-12-21(19)32(6)27(30)34/h8-15,23-24,27-28H,1,16-17H2,2-7H3/t23-,24-,27-,28-,30-,31-/m0/s1. The minimum Gasteiger partial charge on any atom is -0.353 e. The molecule has 0 radical (unpaired) electrons. The molecule has 6 nitrogen and oxygen atoms in total. The lowest BCUT2D eigenvalue weighted by Crippen LogP contribution is -2.67. The number of fused-ring (bicyclic) bond motifs is 10. The molecule has 5 heterocycles. The Morgan fingerprint density at radius 3 is 1.92 bits per heavy atom. The van der Waals surface area contributed by atoms with Crippen molar-refractivity contribution in [2.45, 2.75) is 81.2 Å². The van der Waals surface area contributed by atoms with Crippen molar-refractivity contribution in [2.24, 2.45) is 0 Å². The Bertz CT molecular complexity index is 1400. The highest BCUT2D eigenvalue weighted by molar-refractivity contribution is 6.00. The molecule has 2 aromatic carbocycles. The van der Waals surface area contributed by atoms with Gasteiger partial charge in [-0.15, -0.1) is 6.58 Å². The zero-order valence-corrected chi connectivity index (χ0v) is 22.7. The fourth-order valence-corrected chi connectivity index (χ4v) is 8.54. The summed E-state index contributed by atoms with van der Waals surface area (Å²) in [5, 5.41) is 0. The fraction of sp³-hybridized carbons (Fsp3) is 0.484. The quantitative estimate of drug-likeness (QED) is 0.587. The normalized spacial score (nSPS) is 35.3. The SMILES string of the molecule is C=CC(C)(C)c1ccc2c(c1)[C@]1(C)C[C@H]3C(=O)N4[C@@H](C[C@@]5(C)c6ccccc6N(C)[C@@H]45)C(=O)N3[C@@H]1N2C. The molecule has 7 rings (SSSR count). The first-order valence-corrected chi connectivity index (χ1v) is 13.4. The van der Waals surface area contributed by atoms with E-state index in [0.717, 1.165) is 11.4 Å². The van der Waals surface area contributed by atoms with Gasteiger partial charge in [-0.05, 0) is 41.7 Å². The summed E-state index contributed by atoms with van der Waals surface area (Å²) in [6.45, 7) is 12.9. The first-order chi connectivity index (χ1) is 17.5. The molecule has 0 unspecified atom stereocenters. The van der Waals surface area contributed by atoms with Crippen molar-refractivity contribution in [1.29, 1.82) is 0 Å². The van der Waals surface area contributed by atoms with Gasteiger partial charge in [-0.25, -0.2) is 0 Å². The topological polar surface area (TPSA) is 47.1 Å². The van der Waals surface area contributed by atoms with Crippen LogP contribution in [0.5, 0.6) is 0 Å². The molecule has 0 spiro atoms. The largest absolute Gasteiger partial charge is 0.353 e. The Balaban J connectivity index is 1.31. The van der Waals surface area contributed by atoms with Crippen LogP contribution in [-0.2, 0) is 25.8 Å². The predicted octanol–water partition coefficient (Wildman–Crippen LogP) is 4.13. The lowest BCUT2D eigenvalue weighted by atomic mass is 9.76. The van der Waals surface area contributed by atoms with Crippen LogP contribution < -0.4 is 9.80 Å². The average Bonchev–Trinajstić information content (AvgIpc) is 3.51. The highest BCUT2D eigenvalue weighted by Crippen LogP contribution is 2.59. The zero-order valence-electron chi connectivity index (χ0n) is 22.7. The van der Waals surface area contributed by atoms with E-state index in [1.165, 1.54) is 16.7 Å². The minimum absolute atomic E-state index is 0.103. The van der Waals surface area contributed by atoms with Gasteiger partial charge in [0.2, 0.25) is 11.8 Å². The molecular weight excluding hydrogens is 460 g/mol. The van der Waals surface area contributed by atoms with E-state index in [2.05, 4.69) is 101 Å². The fourth-order valence-electron chi connectivity index (χ4n) is 8.54. The summed E-state index contributed by atoms with van der Waals surface area (Å²) >= 11 is 0. The molecule has 0 bridgehead atoms. The molecule has 2 amide bonds. The highest BCUT2D eigenvalue weighted by atomic mass is 16.2. The molecule has 5 aliphatic rings. The number of piperazine rings is 1. The molecule has 2 aromatic rings. The number of carbonyl (C=O) groups excluding carboxylic acids is 2. The summed E-state index contributed by atoms with van der Waals surface area (Å²) in [7, 11) is 4.15. The smallest absolute Gasteiger partial charge is 0.247 e. The van der Waals surface area contributed by atoms with Gasteiger partial charge in [-0.2, -0.15) is 0 Å². The second kappa shape index (κ2) is 6.77. The summed E-state index contributed by atoms with van der Waals surface area (Å²) in [5.41, 5.74) is 5.26. The summed E-state index contributed by atoms with van der Waals surface area (Å²) in [4.78, 5) is 37.1. The van der Waals surface area contributed by atoms with Crippen LogP contribution >= 0.6 is 0 Å². The molecular formula is C31H36N4O2. The monoisotopic (exact) mass is 496 g/mol. The number of hydrogen-bond acceptors (Lipinski definition) is 4. The van der Waals surface area contributed by atoms with Gasteiger partial charge >= 0.3 is 0 Å². The van der Waals surface area contributed by atoms with Crippen LogP contribution in [0.2, 0.25) is 0 Å². The van der Waals surface area contributed by atoms with Crippen molar-refractivity contribution in [3.05, 3.63) is 71.8 Å². The second-order valence-corrected chi connectivity index (χ2v) is 12.9. The third-order valence-electron chi connectivity index (χ3n) is 10.5. The minimum atomic E-state index is -0.440. The number of hydrogen-bond donors (Lipinski definition) is 0. The van der Waals surface area contributed by atoms with Crippen molar-refractivity contribution in [3.8, 4) is 0 Å². The second-order valence-electron chi connectivity index (χ2n) is 12.9. The van der Waals surface area contributed by atoms with E-state index in [1.807, 2.05) is 15.9 Å².